The van der Waals surface area contributed by atoms with Gasteiger partial charge in [-0.15, -0.1) is 5.10 Å². The first-order valence-corrected chi connectivity index (χ1v) is 7.13. The highest BCUT2D eigenvalue weighted by atomic mass is 32.1. The zero-order valence-electron chi connectivity index (χ0n) is 10.0. The van der Waals surface area contributed by atoms with Crippen LogP contribution in [0, 0.1) is 0 Å². The predicted molar refractivity (Wildman–Crippen MR) is 68.8 cm³/mol. The zero-order chi connectivity index (χ0) is 11.7. The summed E-state index contributed by atoms with van der Waals surface area (Å²) in [6.07, 6.45) is 3.97. The fourth-order valence-corrected chi connectivity index (χ4v) is 3.40. The Kier molecular flexibility index (Phi) is 3.26. The average molecular weight is 253 g/mol. The highest BCUT2D eigenvalue weighted by Gasteiger charge is 2.28. The molecule has 17 heavy (non-hydrogen) atoms. The number of nitrogens with zero attached hydrogens (tertiary/aromatic N) is 4. The van der Waals surface area contributed by atoms with E-state index >= 15 is 0 Å². The fourth-order valence-electron chi connectivity index (χ4n) is 2.96. The van der Waals surface area contributed by atoms with E-state index in [-0.39, 0.29) is 0 Å². The van der Waals surface area contributed by atoms with Crippen molar-refractivity contribution in [1.82, 2.24) is 19.4 Å². The standard InChI is InChI=1S/C11H19N5S/c12-11-10(13-14-17-11)8-15-4-2-6-16-5-1-3-9(16)7-15/h9H,1-8,12H2. The molecule has 2 aliphatic rings. The first-order chi connectivity index (χ1) is 8.33. The number of fused-ring (bicyclic) bond motifs is 1. The Bertz CT molecular complexity index is 380. The van der Waals surface area contributed by atoms with Gasteiger partial charge in [-0.2, -0.15) is 0 Å². The highest BCUT2D eigenvalue weighted by molar-refractivity contribution is 7.09. The molecule has 0 bridgehead atoms. The molecule has 1 atom stereocenters. The Morgan fingerprint density at radius 3 is 3.00 bits per heavy atom. The lowest BCUT2D eigenvalue weighted by atomic mass is 10.2. The fraction of sp³-hybridized carbons (Fsp3) is 0.818. The lowest BCUT2D eigenvalue weighted by Gasteiger charge is -2.24. The summed E-state index contributed by atoms with van der Waals surface area (Å²) in [5, 5.41) is 4.89. The van der Waals surface area contributed by atoms with Crippen molar-refractivity contribution in [1.29, 1.82) is 0 Å². The quantitative estimate of drug-likeness (QED) is 0.844. The molecule has 1 aromatic rings. The van der Waals surface area contributed by atoms with Gasteiger partial charge in [0.2, 0.25) is 0 Å². The van der Waals surface area contributed by atoms with Gasteiger partial charge in [-0.3, -0.25) is 9.80 Å². The number of nitrogen functional groups attached to an aromatic ring is 1. The van der Waals surface area contributed by atoms with E-state index in [9.17, 15) is 0 Å². The third-order valence-corrected chi connectivity index (χ3v) is 4.44. The molecule has 3 rings (SSSR count). The van der Waals surface area contributed by atoms with E-state index < -0.39 is 0 Å². The predicted octanol–water partition coefficient (Wildman–Crippen LogP) is 0.790. The zero-order valence-corrected chi connectivity index (χ0v) is 10.8. The Balaban J connectivity index is 1.65. The van der Waals surface area contributed by atoms with Gasteiger partial charge in [0.05, 0.1) is 0 Å². The van der Waals surface area contributed by atoms with E-state index in [4.69, 9.17) is 5.73 Å². The molecule has 2 saturated heterocycles. The molecule has 0 radical (unpaired) electrons. The van der Waals surface area contributed by atoms with Crippen molar-refractivity contribution in [2.24, 2.45) is 0 Å². The molecular weight excluding hydrogens is 234 g/mol. The number of nitrogens with two attached hydrogens (primary N) is 1. The third-order valence-electron chi connectivity index (χ3n) is 3.85. The van der Waals surface area contributed by atoms with Gasteiger partial charge in [-0.05, 0) is 38.9 Å². The van der Waals surface area contributed by atoms with Gasteiger partial charge in [-0.25, -0.2) is 0 Å². The summed E-state index contributed by atoms with van der Waals surface area (Å²) in [5.74, 6) is 0. The molecule has 94 valence electrons. The van der Waals surface area contributed by atoms with Crippen molar-refractivity contribution in [2.45, 2.75) is 31.8 Å². The maximum absolute atomic E-state index is 5.86. The van der Waals surface area contributed by atoms with Gasteiger partial charge in [-0.1, -0.05) is 4.49 Å². The Morgan fingerprint density at radius 2 is 2.18 bits per heavy atom. The second-order valence-electron chi connectivity index (χ2n) is 5.00. The van der Waals surface area contributed by atoms with Crippen LogP contribution >= 0.6 is 11.5 Å². The van der Waals surface area contributed by atoms with Crippen molar-refractivity contribution in [3.05, 3.63) is 5.69 Å². The molecule has 0 saturated carbocycles. The number of rotatable bonds is 2. The maximum atomic E-state index is 5.86. The number of hydrogen-bond donors (Lipinski definition) is 1. The molecule has 0 spiro atoms. The summed E-state index contributed by atoms with van der Waals surface area (Å²) in [6.45, 7) is 5.73. The van der Waals surface area contributed by atoms with Crippen LogP contribution in [0.5, 0.6) is 0 Å². The van der Waals surface area contributed by atoms with Crippen LogP contribution in [0.25, 0.3) is 0 Å². The minimum Gasteiger partial charge on any atom is -0.388 e. The summed E-state index contributed by atoms with van der Waals surface area (Å²) >= 11 is 1.30. The lowest BCUT2D eigenvalue weighted by molar-refractivity contribution is 0.214. The second kappa shape index (κ2) is 4.88. The third kappa shape index (κ3) is 2.43. The van der Waals surface area contributed by atoms with E-state index in [1.54, 1.807) is 0 Å². The van der Waals surface area contributed by atoms with E-state index in [2.05, 4.69) is 19.4 Å². The molecule has 1 unspecified atom stereocenters. The number of hydrogen-bond acceptors (Lipinski definition) is 6. The first kappa shape index (κ1) is 11.4. The van der Waals surface area contributed by atoms with Gasteiger partial charge >= 0.3 is 0 Å². The van der Waals surface area contributed by atoms with Crippen LogP contribution in [0.3, 0.4) is 0 Å². The van der Waals surface area contributed by atoms with Crippen LogP contribution in [-0.4, -0.2) is 51.6 Å². The van der Waals surface area contributed by atoms with Gasteiger partial charge in [0.1, 0.15) is 10.7 Å². The molecule has 2 fully saturated rings. The number of anilines is 1. The Labute approximate surface area is 106 Å². The van der Waals surface area contributed by atoms with Crippen molar-refractivity contribution < 1.29 is 0 Å². The molecule has 1 aromatic heterocycles. The van der Waals surface area contributed by atoms with Gasteiger partial charge < -0.3 is 5.73 Å². The minimum absolute atomic E-state index is 0.755. The summed E-state index contributed by atoms with van der Waals surface area (Å²) in [5.41, 5.74) is 6.82. The molecule has 0 amide bonds. The van der Waals surface area contributed by atoms with Gasteiger partial charge in [0.15, 0.2) is 0 Å². The maximum Gasteiger partial charge on any atom is 0.132 e. The monoisotopic (exact) mass is 253 g/mol. The van der Waals surface area contributed by atoms with E-state index in [1.807, 2.05) is 0 Å². The molecule has 6 heteroatoms. The summed E-state index contributed by atoms with van der Waals surface area (Å²) in [7, 11) is 0. The van der Waals surface area contributed by atoms with Crippen molar-refractivity contribution in [2.75, 3.05) is 31.9 Å². The Morgan fingerprint density at radius 1 is 1.29 bits per heavy atom. The van der Waals surface area contributed by atoms with Crippen molar-refractivity contribution in [3.63, 3.8) is 0 Å². The molecule has 0 aliphatic carbocycles. The number of aromatic nitrogens is 2. The highest BCUT2D eigenvalue weighted by Crippen LogP contribution is 2.23. The van der Waals surface area contributed by atoms with E-state index in [0.29, 0.717) is 0 Å². The molecular formula is C11H19N5S. The van der Waals surface area contributed by atoms with Crippen LogP contribution < -0.4 is 5.73 Å². The van der Waals surface area contributed by atoms with E-state index in [0.717, 1.165) is 36.4 Å². The van der Waals surface area contributed by atoms with Crippen molar-refractivity contribution in [3.8, 4) is 0 Å². The second-order valence-corrected chi connectivity index (χ2v) is 5.79. The Hall–Kier alpha value is -0.720. The summed E-state index contributed by atoms with van der Waals surface area (Å²) < 4.78 is 3.91. The largest absolute Gasteiger partial charge is 0.388 e. The SMILES string of the molecule is Nc1snnc1CN1CCCN2CCCC2C1. The topological polar surface area (TPSA) is 58.3 Å². The lowest BCUT2D eigenvalue weighted by Crippen LogP contribution is -2.36. The van der Waals surface area contributed by atoms with Crippen LogP contribution in [0.15, 0.2) is 0 Å². The van der Waals surface area contributed by atoms with Crippen LogP contribution in [0.4, 0.5) is 5.00 Å². The average Bonchev–Trinajstić information content (AvgIpc) is 2.86. The smallest absolute Gasteiger partial charge is 0.132 e. The molecule has 5 nitrogen and oxygen atoms in total. The molecule has 2 N–H and O–H groups in total. The van der Waals surface area contributed by atoms with E-state index in [1.165, 1.54) is 43.9 Å². The summed E-state index contributed by atoms with van der Waals surface area (Å²) in [4.78, 5) is 5.13. The van der Waals surface area contributed by atoms with Crippen LogP contribution in [0.2, 0.25) is 0 Å². The van der Waals surface area contributed by atoms with Crippen LogP contribution in [-0.2, 0) is 6.54 Å². The summed E-state index contributed by atoms with van der Waals surface area (Å²) in [6, 6.07) is 0.755. The van der Waals surface area contributed by atoms with Crippen molar-refractivity contribution >= 4 is 16.5 Å². The first-order valence-electron chi connectivity index (χ1n) is 6.36. The van der Waals surface area contributed by atoms with Crippen LogP contribution in [0.1, 0.15) is 25.0 Å². The van der Waals surface area contributed by atoms with Gasteiger partial charge in [0.25, 0.3) is 0 Å². The molecule has 0 aromatic carbocycles. The molecule has 3 heterocycles. The van der Waals surface area contributed by atoms with Gasteiger partial charge in [0, 0.05) is 30.7 Å². The molecule has 2 aliphatic heterocycles. The normalized spacial score (nSPS) is 26.9. The minimum atomic E-state index is 0.755.